The molecule has 1 unspecified atom stereocenters. The van der Waals surface area contributed by atoms with E-state index < -0.39 is 6.09 Å². The zero-order valence-electron chi connectivity index (χ0n) is 8.66. The smallest absolute Gasteiger partial charge is 0.407 e. The molecule has 0 rings (SSSR count). The number of amides is 1. The highest BCUT2D eigenvalue weighted by Crippen LogP contribution is 2.05. The summed E-state index contributed by atoms with van der Waals surface area (Å²) in [5, 5.41) is 11.4. The minimum absolute atomic E-state index is 0.155. The summed E-state index contributed by atoms with van der Waals surface area (Å²) in [7, 11) is 0. The van der Waals surface area contributed by atoms with Gasteiger partial charge in [-0.05, 0) is 12.3 Å². The molecule has 0 saturated heterocycles. The molecule has 82 valence electrons. The molecule has 0 aliphatic carbocycles. The molecule has 0 spiro atoms. The lowest BCUT2D eigenvalue weighted by molar-refractivity contribution is 0.155. The van der Waals surface area contributed by atoms with Crippen molar-refractivity contribution in [2.45, 2.75) is 19.8 Å². The highest BCUT2D eigenvalue weighted by atomic mass is 16.5. The van der Waals surface area contributed by atoms with Gasteiger partial charge in [0.2, 0.25) is 0 Å². The van der Waals surface area contributed by atoms with E-state index >= 15 is 0 Å². The summed E-state index contributed by atoms with van der Waals surface area (Å²) in [6.07, 6.45) is 2.73. The Hall–Kier alpha value is -1.03. The first-order valence-electron chi connectivity index (χ1n) is 4.87. The number of hydrogen-bond acceptors (Lipinski definition) is 3. The molecule has 0 radical (unpaired) electrons. The van der Waals surface area contributed by atoms with Crippen molar-refractivity contribution in [1.82, 2.24) is 5.32 Å². The predicted molar refractivity (Wildman–Crippen MR) is 55.0 cm³/mol. The van der Waals surface area contributed by atoms with Crippen LogP contribution in [-0.2, 0) is 4.74 Å². The minimum Gasteiger partial charge on any atom is -0.445 e. The van der Waals surface area contributed by atoms with E-state index in [9.17, 15) is 4.79 Å². The number of carbonyl (C=O) groups is 1. The van der Waals surface area contributed by atoms with Crippen LogP contribution in [0.25, 0.3) is 0 Å². The Balaban J connectivity index is 3.56. The van der Waals surface area contributed by atoms with E-state index in [1.165, 1.54) is 6.08 Å². The molecule has 1 atom stereocenters. The Morgan fingerprint density at radius 2 is 2.43 bits per heavy atom. The SMILES string of the molecule is C=CCOC(=O)NCC(CC)CCO. The van der Waals surface area contributed by atoms with Gasteiger partial charge in [-0.1, -0.05) is 26.0 Å². The van der Waals surface area contributed by atoms with Crippen LogP contribution in [-0.4, -0.2) is 31.0 Å². The van der Waals surface area contributed by atoms with Crippen LogP contribution < -0.4 is 5.32 Å². The molecule has 0 heterocycles. The molecule has 2 N–H and O–H groups in total. The average Bonchev–Trinajstić information content (AvgIpc) is 2.21. The van der Waals surface area contributed by atoms with E-state index in [2.05, 4.69) is 11.9 Å². The molecule has 0 aromatic carbocycles. The number of hydrogen-bond donors (Lipinski definition) is 2. The van der Waals surface area contributed by atoms with Crippen molar-refractivity contribution in [3.63, 3.8) is 0 Å². The molecule has 4 nitrogen and oxygen atoms in total. The van der Waals surface area contributed by atoms with Crippen molar-refractivity contribution in [1.29, 1.82) is 0 Å². The maximum atomic E-state index is 11.0. The number of aliphatic hydroxyl groups excluding tert-OH is 1. The molecule has 0 bridgehead atoms. The Kier molecular flexibility index (Phi) is 7.93. The first kappa shape index (κ1) is 13.0. The third-order valence-corrected chi connectivity index (χ3v) is 1.98. The number of carbonyl (C=O) groups excluding carboxylic acids is 1. The van der Waals surface area contributed by atoms with Gasteiger partial charge in [0.05, 0.1) is 0 Å². The van der Waals surface area contributed by atoms with E-state index in [1.807, 2.05) is 6.92 Å². The fraction of sp³-hybridized carbons (Fsp3) is 0.700. The molecule has 14 heavy (non-hydrogen) atoms. The molecular formula is C10H19NO3. The normalized spacial score (nSPS) is 11.9. The molecule has 0 aromatic heterocycles. The Labute approximate surface area is 85.0 Å². The molecule has 0 aliphatic rings. The van der Waals surface area contributed by atoms with Gasteiger partial charge in [0.15, 0.2) is 0 Å². The Morgan fingerprint density at radius 3 is 2.93 bits per heavy atom. The zero-order valence-corrected chi connectivity index (χ0v) is 8.66. The third kappa shape index (κ3) is 6.48. The van der Waals surface area contributed by atoms with Crippen molar-refractivity contribution < 1.29 is 14.6 Å². The molecule has 0 fully saturated rings. The summed E-state index contributed by atoms with van der Waals surface area (Å²) >= 11 is 0. The number of ether oxygens (including phenoxy) is 1. The van der Waals surface area contributed by atoms with Crippen LogP contribution >= 0.6 is 0 Å². The van der Waals surface area contributed by atoms with Gasteiger partial charge in [0.1, 0.15) is 6.61 Å². The van der Waals surface area contributed by atoms with Gasteiger partial charge >= 0.3 is 6.09 Å². The molecule has 0 aliphatic heterocycles. The van der Waals surface area contributed by atoms with Crippen molar-refractivity contribution >= 4 is 6.09 Å². The van der Waals surface area contributed by atoms with Crippen molar-refractivity contribution in [3.8, 4) is 0 Å². The van der Waals surface area contributed by atoms with Gasteiger partial charge in [-0.15, -0.1) is 0 Å². The lowest BCUT2D eigenvalue weighted by atomic mass is 10.0. The second kappa shape index (κ2) is 8.56. The monoisotopic (exact) mass is 201 g/mol. The van der Waals surface area contributed by atoms with E-state index in [4.69, 9.17) is 9.84 Å². The summed E-state index contributed by atoms with van der Waals surface area (Å²) in [6, 6.07) is 0. The standard InChI is InChI=1S/C10H19NO3/c1-3-7-14-10(13)11-8-9(4-2)5-6-12/h3,9,12H,1,4-8H2,2H3,(H,11,13). The van der Waals surface area contributed by atoms with E-state index in [0.29, 0.717) is 18.9 Å². The lowest BCUT2D eigenvalue weighted by Gasteiger charge is -2.13. The summed E-state index contributed by atoms with van der Waals surface area (Å²) in [5.74, 6) is 0.316. The van der Waals surface area contributed by atoms with Gasteiger partial charge in [-0.25, -0.2) is 4.79 Å². The van der Waals surface area contributed by atoms with Crippen molar-refractivity contribution in [3.05, 3.63) is 12.7 Å². The summed E-state index contributed by atoms with van der Waals surface area (Å²) < 4.78 is 4.73. The van der Waals surface area contributed by atoms with Gasteiger partial charge < -0.3 is 15.2 Å². The molecular weight excluding hydrogens is 182 g/mol. The number of nitrogens with one attached hydrogen (secondary N) is 1. The second-order valence-corrected chi connectivity index (χ2v) is 3.05. The van der Waals surface area contributed by atoms with Crippen LogP contribution in [0.4, 0.5) is 4.79 Å². The largest absolute Gasteiger partial charge is 0.445 e. The van der Waals surface area contributed by atoms with Gasteiger partial charge in [-0.3, -0.25) is 0 Å². The molecule has 4 heteroatoms. The van der Waals surface area contributed by atoms with E-state index in [-0.39, 0.29) is 13.2 Å². The third-order valence-electron chi connectivity index (χ3n) is 1.98. The number of alkyl carbamates (subject to hydrolysis) is 1. The first-order valence-corrected chi connectivity index (χ1v) is 4.87. The van der Waals surface area contributed by atoms with E-state index in [0.717, 1.165) is 6.42 Å². The number of rotatable bonds is 7. The van der Waals surface area contributed by atoms with Gasteiger partial charge in [-0.2, -0.15) is 0 Å². The van der Waals surface area contributed by atoms with Gasteiger partial charge in [0, 0.05) is 13.2 Å². The van der Waals surface area contributed by atoms with E-state index in [1.54, 1.807) is 0 Å². The molecule has 1 amide bonds. The predicted octanol–water partition coefficient (Wildman–Crippen LogP) is 1.31. The van der Waals surface area contributed by atoms with Crippen LogP contribution in [0, 0.1) is 5.92 Å². The Bertz CT molecular complexity index is 171. The summed E-state index contributed by atoms with van der Waals surface area (Å²) in [6.45, 7) is 6.39. The summed E-state index contributed by atoms with van der Waals surface area (Å²) in [5.41, 5.74) is 0. The van der Waals surface area contributed by atoms with Crippen LogP contribution in [0.1, 0.15) is 19.8 Å². The van der Waals surface area contributed by atoms with Crippen LogP contribution in [0.2, 0.25) is 0 Å². The van der Waals surface area contributed by atoms with Crippen LogP contribution in [0.3, 0.4) is 0 Å². The van der Waals surface area contributed by atoms with Crippen LogP contribution in [0.15, 0.2) is 12.7 Å². The fourth-order valence-corrected chi connectivity index (χ4v) is 1.05. The maximum absolute atomic E-state index is 11.0. The minimum atomic E-state index is -0.429. The maximum Gasteiger partial charge on any atom is 0.407 e. The van der Waals surface area contributed by atoms with Crippen molar-refractivity contribution in [2.75, 3.05) is 19.8 Å². The fourth-order valence-electron chi connectivity index (χ4n) is 1.05. The second-order valence-electron chi connectivity index (χ2n) is 3.05. The highest BCUT2D eigenvalue weighted by Gasteiger charge is 2.07. The number of aliphatic hydroxyl groups is 1. The highest BCUT2D eigenvalue weighted by molar-refractivity contribution is 5.67. The molecule has 0 aromatic rings. The lowest BCUT2D eigenvalue weighted by Crippen LogP contribution is -2.30. The zero-order chi connectivity index (χ0) is 10.8. The van der Waals surface area contributed by atoms with Crippen LogP contribution in [0.5, 0.6) is 0 Å². The first-order chi connectivity index (χ1) is 6.74. The average molecular weight is 201 g/mol. The Morgan fingerprint density at radius 1 is 1.71 bits per heavy atom. The summed E-state index contributed by atoms with van der Waals surface area (Å²) in [4.78, 5) is 11.0. The quantitative estimate of drug-likeness (QED) is 0.610. The topological polar surface area (TPSA) is 58.6 Å². The van der Waals surface area contributed by atoms with Gasteiger partial charge in [0.25, 0.3) is 0 Å². The molecule has 0 saturated carbocycles. The van der Waals surface area contributed by atoms with Crippen molar-refractivity contribution in [2.24, 2.45) is 5.92 Å².